The Balaban J connectivity index is 1.37. The molecule has 2 amide bonds. The number of fused-ring (bicyclic) bond motifs is 1. The van der Waals surface area contributed by atoms with Crippen LogP contribution in [0.15, 0.2) is 60.7 Å². The topological polar surface area (TPSA) is 113 Å². The van der Waals surface area contributed by atoms with Crippen LogP contribution in [0.4, 0.5) is 11.4 Å². The molecule has 1 aliphatic rings. The van der Waals surface area contributed by atoms with E-state index in [4.69, 9.17) is 4.74 Å². The van der Waals surface area contributed by atoms with Gasteiger partial charge in [0.1, 0.15) is 5.69 Å². The van der Waals surface area contributed by atoms with Crippen molar-refractivity contribution in [2.45, 2.75) is 39.7 Å². The molecule has 1 aromatic heterocycles. The van der Waals surface area contributed by atoms with Gasteiger partial charge in [0.05, 0.1) is 30.3 Å². The number of ether oxygens (including phenoxy) is 1. The number of nitrogens with zero attached hydrogens (tertiary/aromatic N) is 3. The molecule has 2 N–H and O–H groups in total. The fraction of sp³-hybridized carbons (Fsp3) is 0.371. The van der Waals surface area contributed by atoms with E-state index in [2.05, 4.69) is 21.0 Å². The average Bonchev–Trinajstić information content (AvgIpc) is 3.33. The number of methoxy groups -OCH3 is 1. The highest BCUT2D eigenvalue weighted by atomic mass is 32.2. The number of hydrogen-bond acceptors (Lipinski definition) is 6. The molecule has 46 heavy (non-hydrogen) atoms. The maximum Gasteiger partial charge on any atom is 0.272 e. The van der Waals surface area contributed by atoms with E-state index in [0.717, 1.165) is 46.9 Å². The third-order valence-electron chi connectivity index (χ3n) is 8.43. The molecule has 1 aliphatic heterocycles. The molecular weight excluding hydrogens is 602 g/mol. The maximum absolute atomic E-state index is 13.8. The normalized spacial score (nSPS) is 14.4. The summed E-state index contributed by atoms with van der Waals surface area (Å²) in [4.78, 5) is 31.0. The molecule has 0 radical (unpaired) electrons. The van der Waals surface area contributed by atoms with Gasteiger partial charge in [-0.15, -0.1) is 0 Å². The molecule has 1 fully saturated rings. The second-order valence-corrected chi connectivity index (χ2v) is 14.8. The molecule has 1 saturated heterocycles. The zero-order valence-electron chi connectivity index (χ0n) is 27.6. The van der Waals surface area contributed by atoms with Crippen LogP contribution in [0, 0.1) is 6.92 Å². The van der Waals surface area contributed by atoms with Crippen molar-refractivity contribution < 1.29 is 22.7 Å². The molecule has 0 bridgehead atoms. The smallest absolute Gasteiger partial charge is 0.272 e. The molecule has 10 nitrogen and oxygen atoms in total. The van der Waals surface area contributed by atoms with E-state index in [-0.39, 0.29) is 28.7 Å². The largest absolute Gasteiger partial charge is 0.492 e. The number of benzene rings is 3. The van der Waals surface area contributed by atoms with Crippen molar-refractivity contribution in [2.24, 2.45) is 7.05 Å². The minimum absolute atomic E-state index is 0.0590. The van der Waals surface area contributed by atoms with Gasteiger partial charge in [0, 0.05) is 50.7 Å². The number of amides is 2. The Morgan fingerprint density at radius 3 is 2.20 bits per heavy atom. The summed E-state index contributed by atoms with van der Waals surface area (Å²) in [7, 11) is -0.288. The molecule has 3 aromatic carbocycles. The zero-order valence-corrected chi connectivity index (χ0v) is 28.4. The Hall–Kier alpha value is -4.35. The van der Waals surface area contributed by atoms with Gasteiger partial charge in [-0.25, -0.2) is 8.42 Å². The monoisotopic (exact) mass is 645 g/mol. The average molecular weight is 646 g/mol. The first kappa shape index (κ1) is 33.0. The third kappa shape index (κ3) is 7.21. The van der Waals surface area contributed by atoms with Gasteiger partial charge in [0.15, 0.2) is 5.75 Å². The van der Waals surface area contributed by atoms with Crippen LogP contribution in [0.2, 0.25) is 0 Å². The van der Waals surface area contributed by atoms with Crippen LogP contribution >= 0.6 is 0 Å². The van der Waals surface area contributed by atoms with Gasteiger partial charge in [0.25, 0.3) is 11.8 Å². The van der Waals surface area contributed by atoms with Gasteiger partial charge in [-0.2, -0.15) is 0 Å². The van der Waals surface area contributed by atoms with Gasteiger partial charge in [0.2, 0.25) is 10.0 Å². The van der Waals surface area contributed by atoms with Crippen LogP contribution in [-0.2, 0) is 29.0 Å². The number of rotatable bonds is 8. The number of para-hydroxylation sites is 1. The lowest BCUT2D eigenvalue weighted by atomic mass is 9.86. The number of carbonyl (C=O) groups is 2. The molecule has 0 unspecified atom stereocenters. The molecule has 2 heterocycles. The van der Waals surface area contributed by atoms with E-state index in [1.54, 1.807) is 6.07 Å². The fourth-order valence-corrected chi connectivity index (χ4v) is 6.46. The highest BCUT2D eigenvalue weighted by Crippen LogP contribution is 2.39. The summed E-state index contributed by atoms with van der Waals surface area (Å²) in [6.45, 7) is 11.5. The predicted molar refractivity (Wildman–Crippen MR) is 183 cm³/mol. The summed E-state index contributed by atoms with van der Waals surface area (Å²) in [6.07, 6.45) is 1.08. The molecule has 0 saturated carbocycles. The van der Waals surface area contributed by atoms with E-state index < -0.39 is 10.0 Å². The van der Waals surface area contributed by atoms with Gasteiger partial charge in [-0.05, 0) is 53.8 Å². The van der Waals surface area contributed by atoms with Crippen molar-refractivity contribution in [3.05, 3.63) is 88.6 Å². The predicted octanol–water partition coefficient (Wildman–Crippen LogP) is 5.37. The van der Waals surface area contributed by atoms with E-state index in [1.165, 1.54) is 7.11 Å². The van der Waals surface area contributed by atoms with Crippen LogP contribution in [0.3, 0.4) is 0 Å². The molecule has 5 rings (SSSR count). The Morgan fingerprint density at radius 2 is 1.59 bits per heavy atom. The van der Waals surface area contributed by atoms with Crippen LogP contribution in [0.25, 0.3) is 10.9 Å². The van der Waals surface area contributed by atoms with Crippen LogP contribution in [-0.4, -0.2) is 74.1 Å². The molecular formula is C35H43N5O5S. The Bertz CT molecular complexity index is 1880. The standard InChI is InChI=1S/C35H43N5O5S/c1-23-11-13-24(14-12-23)34(42)40-17-15-39(16-18-40)22-26-10-8-9-25-19-30(38(5)31(25)26)33(41)36-28-20-27(35(2,3)4)21-29(32(28)45-6)37-46(7,43)44/h8-14,19-21,37H,15-18,22H2,1-7H3,(H,36,41). The molecule has 0 spiro atoms. The van der Waals surface area contributed by atoms with Gasteiger partial charge in [-0.1, -0.05) is 56.7 Å². The summed E-state index contributed by atoms with van der Waals surface area (Å²) >= 11 is 0. The van der Waals surface area contributed by atoms with Crippen molar-refractivity contribution >= 4 is 44.1 Å². The van der Waals surface area contributed by atoms with E-state index in [0.29, 0.717) is 36.6 Å². The van der Waals surface area contributed by atoms with Gasteiger partial charge in [-0.3, -0.25) is 19.2 Å². The van der Waals surface area contributed by atoms with Crippen molar-refractivity contribution in [3.63, 3.8) is 0 Å². The number of anilines is 2. The SMILES string of the molecule is COc1c(NC(=O)c2cc3cccc(CN4CCN(C(=O)c5ccc(C)cc5)CC4)c3n2C)cc(C(C)(C)C)cc1NS(C)(=O)=O. The van der Waals surface area contributed by atoms with E-state index >= 15 is 0 Å². The lowest BCUT2D eigenvalue weighted by Crippen LogP contribution is -2.48. The molecule has 244 valence electrons. The van der Waals surface area contributed by atoms with E-state index in [1.807, 2.05) is 92.7 Å². The summed E-state index contributed by atoms with van der Waals surface area (Å²) in [5, 5.41) is 3.92. The quantitative estimate of drug-likeness (QED) is 0.266. The van der Waals surface area contributed by atoms with Crippen LogP contribution in [0.5, 0.6) is 5.75 Å². The second-order valence-electron chi connectivity index (χ2n) is 13.1. The Morgan fingerprint density at radius 1 is 0.935 bits per heavy atom. The fourth-order valence-electron chi connectivity index (χ4n) is 5.91. The zero-order chi connectivity index (χ0) is 33.4. The van der Waals surface area contributed by atoms with Crippen LogP contribution < -0.4 is 14.8 Å². The second kappa shape index (κ2) is 12.8. The number of hydrogen-bond donors (Lipinski definition) is 2. The molecule has 0 atom stereocenters. The first-order valence-corrected chi connectivity index (χ1v) is 17.2. The first-order chi connectivity index (χ1) is 21.6. The number of aromatic nitrogens is 1. The Labute approximate surface area is 271 Å². The molecule has 11 heteroatoms. The van der Waals surface area contributed by atoms with Crippen molar-refractivity contribution in [1.82, 2.24) is 14.4 Å². The Kier molecular flexibility index (Phi) is 9.19. The number of carbonyl (C=O) groups excluding carboxylic acids is 2. The van der Waals surface area contributed by atoms with Gasteiger partial charge >= 0.3 is 0 Å². The number of nitrogens with one attached hydrogen (secondary N) is 2. The lowest BCUT2D eigenvalue weighted by molar-refractivity contribution is 0.0628. The van der Waals surface area contributed by atoms with Crippen molar-refractivity contribution in [3.8, 4) is 5.75 Å². The summed E-state index contributed by atoms with van der Waals surface area (Å²) in [6, 6.07) is 19.2. The van der Waals surface area contributed by atoms with E-state index in [9.17, 15) is 18.0 Å². The summed E-state index contributed by atoms with van der Waals surface area (Å²) in [5.74, 6) is -0.0579. The van der Waals surface area contributed by atoms with Crippen molar-refractivity contribution in [2.75, 3.05) is 49.6 Å². The molecule has 0 aliphatic carbocycles. The minimum atomic E-state index is -3.60. The molecule has 4 aromatic rings. The summed E-state index contributed by atoms with van der Waals surface area (Å²) in [5.41, 5.74) is 5.47. The lowest BCUT2D eigenvalue weighted by Gasteiger charge is -2.35. The first-order valence-electron chi connectivity index (χ1n) is 15.3. The minimum Gasteiger partial charge on any atom is -0.492 e. The highest BCUT2D eigenvalue weighted by molar-refractivity contribution is 7.92. The van der Waals surface area contributed by atoms with Gasteiger partial charge < -0.3 is 19.5 Å². The third-order valence-corrected chi connectivity index (χ3v) is 9.02. The maximum atomic E-state index is 13.8. The van der Waals surface area contributed by atoms with Crippen molar-refractivity contribution in [1.29, 1.82) is 0 Å². The van der Waals surface area contributed by atoms with Crippen LogP contribution in [0.1, 0.15) is 58.3 Å². The number of aryl methyl sites for hydroxylation is 2. The number of sulfonamides is 1. The highest BCUT2D eigenvalue weighted by Gasteiger charge is 2.25. The summed E-state index contributed by atoms with van der Waals surface area (Å²) < 4.78 is 34.3. The number of piperazine rings is 1.